The molecule has 3 rings (SSSR count). The summed E-state index contributed by atoms with van der Waals surface area (Å²) in [5.41, 5.74) is 8.41. The quantitative estimate of drug-likeness (QED) is 0.810. The topological polar surface area (TPSA) is 38.5 Å². The number of anilines is 1. The molecule has 0 spiro atoms. The van der Waals surface area contributed by atoms with Gasteiger partial charge in [0, 0.05) is 11.1 Å². The van der Waals surface area contributed by atoms with Crippen LogP contribution in [0, 0.1) is 5.92 Å². The predicted octanol–water partition coefficient (Wildman–Crippen LogP) is 1.88. The highest BCUT2D eigenvalue weighted by atomic mass is 16.5. The fourth-order valence-electron chi connectivity index (χ4n) is 3.37. The third kappa shape index (κ3) is 1.91. The summed E-state index contributed by atoms with van der Waals surface area (Å²) in [5.74, 6) is 0.740. The highest BCUT2D eigenvalue weighted by Crippen LogP contribution is 2.44. The number of piperidine rings is 1. The third-order valence-corrected chi connectivity index (χ3v) is 4.68. The third-order valence-electron chi connectivity index (χ3n) is 4.68. The summed E-state index contributed by atoms with van der Waals surface area (Å²) in [6.45, 7) is 4.14. The summed E-state index contributed by atoms with van der Waals surface area (Å²) in [4.78, 5) is 2.42. The zero-order chi connectivity index (χ0) is 12.6. The van der Waals surface area contributed by atoms with E-state index in [0.29, 0.717) is 0 Å². The van der Waals surface area contributed by atoms with E-state index in [1.807, 2.05) is 6.07 Å². The Morgan fingerprint density at radius 3 is 2.56 bits per heavy atom. The van der Waals surface area contributed by atoms with Crippen LogP contribution in [0.15, 0.2) is 24.3 Å². The normalized spacial score (nSPS) is 24.7. The van der Waals surface area contributed by atoms with Gasteiger partial charge in [-0.05, 0) is 56.6 Å². The molecule has 0 aliphatic carbocycles. The number of rotatable bonds is 2. The molecule has 0 aromatic heterocycles. The van der Waals surface area contributed by atoms with Crippen LogP contribution < -0.4 is 5.73 Å². The predicted molar refractivity (Wildman–Crippen MR) is 73.6 cm³/mol. The second kappa shape index (κ2) is 4.56. The summed E-state index contributed by atoms with van der Waals surface area (Å²) in [6.07, 6.45) is 2.54. The number of nitrogens with two attached hydrogens (primary N) is 1. The van der Waals surface area contributed by atoms with E-state index in [0.717, 1.165) is 24.8 Å². The van der Waals surface area contributed by atoms with Crippen LogP contribution in [0.2, 0.25) is 0 Å². The van der Waals surface area contributed by atoms with E-state index in [1.165, 1.54) is 31.5 Å². The lowest BCUT2D eigenvalue weighted by Crippen LogP contribution is -2.54. The highest BCUT2D eigenvalue weighted by Gasteiger charge is 2.47. The van der Waals surface area contributed by atoms with Gasteiger partial charge in [0.25, 0.3) is 0 Å². The number of benzene rings is 1. The molecule has 2 saturated heterocycles. The van der Waals surface area contributed by atoms with Crippen molar-refractivity contribution < 1.29 is 4.74 Å². The molecule has 3 nitrogen and oxygen atoms in total. The highest BCUT2D eigenvalue weighted by molar-refractivity contribution is 5.44. The summed E-state index contributed by atoms with van der Waals surface area (Å²) in [5, 5.41) is 0. The standard InChI is InChI=1S/C15H22N2O/c1-17-7-5-12(6-8-17)15(10-18-11-15)13-3-2-4-14(16)9-13/h2-4,9,12H,5-8,10-11,16H2,1H3. The average Bonchev–Trinajstić information content (AvgIpc) is 2.30. The minimum Gasteiger partial charge on any atom is -0.399 e. The van der Waals surface area contributed by atoms with E-state index in [1.54, 1.807) is 0 Å². The molecular weight excluding hydrogens is 224 g/mol. The minimum atomic E-state index is 0.233. The molecule has 0 unspecified atom stereocenters. The molecule has 0 saturated carbocycles. The fourth-order valence-corrected chi connectivity index (χ4v) is 3.37. The summed E-state index contributed by atoms with van der Waals surface area (Å²) in [7, 11) is 2.21. The monoisotopic (exact) mass is 246 g/mol. The van der Waals surface area contributed by atoms with E-state index >= 15 is 0 Å². The van der Waals surface area contributed by atoms with E-state index in [9.17, 15) is 0 Å². The molecule has 1 aromatic carbocycles. The molecule has 3 heteroatoms. The van der Waals surface area contributed by atoms with Crippen molar-refractivity contribution in [3.63, 3.8) is 0 Å². The zero-order valence-corrected chi connectivity index (χ0v) is 11.1. The van der Waals surface area contributed by atoms with Crippen LogP contribution in [0.4, 0.5) is 5.69 Å². The van der Waals surface area contributed by atoms with Crippen molar-refractivity contribution in [1.82, 2.24) is 4.90 Å². The number of hydrogen-bond donors (Lipinski definition) is 1. The Morgan fingerprint density at radius 2 is 2.00 bits per heavy atom. The Kier molecular flexibility index (Phi) is 3.04. The van der Waals surface area contributed by atoms with Crippen LogP contribution in [0.5, 0.6) is 0 Å². The number of hydrogen-bond acceptors (Lipinski definition) is 3. The van der Waals surface area contributed by atoms with E-state index in [2.05, 4.69) is 30.1 Å². The Bertz CT molecular complexity index is 420. The second-order valence-corrected chi connectivity index (χ2v) is 5.85. The van der Waals surface area contributed by atoms with Crippen molar-refractivity contribution in [3.05, 3.63) is 29.8 Å². The van der Waals surface area contributed by atoms with E-state index < -0.39 is 0 Å². The maximum atomic E-state index is 5.94. The van der Waals surface area contributed by atoms with Crippen molar-refractivity contribution in [2.45, 2.75) is 18.3 Å². The van der Waals surface area contributed by atoms with Crippen LogP contribution in [0.1, 0.15) is 18.4 Å². The van der Waals surface area contributed by atoms with Crippen molar-refractivity contribution in [2.24, 2.45) is 5.92 Å². The maximum absolute atomic E-state index is 5.94. The first-order valence-electron chi connectivity index (χ1n) is 6.83. The number of nitrogen functional groups attached to an aromatic ring is 1. The van der Waals surface area contributed by atoms with Crippen LogP contribution in [-0.2, 0) is 10.2 Å². The van der Waals surface area contributed by atoms with Gasteiger partial charge in [0.1, 0.15) is 0 Å². The van der Waals surface area contributed by atoms with Crippen molar-refractivity contribution in [3.8, 4) is 0 Å². The molecule has 1 aromatic rings. The SMILES string of the molecule is CN1CCC(C2(c3cccc(N)c3)COC2)CC1. The van der Waals surface area contributed by atoms with Crippen LogP contribution >= 0.6 is 0 Å². The van der Waals surface area contributed by atoms with Crippen molar-refractivity contribution in [1.29, 1.82) is 0 Å². The number of ether oxygens (including phenoxy) is 1. The van der Waals surface area contributed by atoms with Crippen LogP contribution in [0.3, 0.4) is 0 Å². The van der Waals surface area contributed by atoms with Crippen LogP contribution in [-0.4, -0.2) is 38.3 Å². The lowest BCUT2D eigenvalue weighted by Gasteiger charge is -2.50. The summed E-state index contributed by atoms with van der Waals surface area (Å²) < 4.78 is 5.56. The Morgan fingerprint density at radius 1 is 1.28 bits per heavy atom. The Balaban J connectivity index is 1.86. The molecule has 0 atom stereocenters. The molecule has 98 valence electrons. The molecule has 0 bridgehead atoms. The Hall–Kier alpha value is -1.06. The lowest BCUT2D eigenvalue weighted by atomic mass is 9.65. The molecule has 0 radical (unpaired) electrons. The molecule has 2 aliphatic heterocycles. The molecule has 2 heterocycles. The van der Waals surface area contributed by atoms with Gasteiger partial charge in [-0.1, -0.05) is 12.1 Å². The Labute approximate surface area is 109 Å². The molecular formula is C15H22N2O. The average molecular weight is 246 g/mol. The molecule has 2 aliphatic rings. The van der Waals surface area contributed by atoms with Gasteiger partial charge in [-0.25, -0.2) is 0 Å². The summed E-state index contributed by atoms with van der Waals surface area (Å²) in [6, 6.07) is 8.39. The van der Waals surface area contributed by atoms with Gasteiger partial charge < -0.3 is 15.4 Å². The van der Waals surface area contributed by atoms with Gasteiger partial charge in [-0.15, -0.1) is 0 Å². The van der Waals surface area contributed by atoms with Gasteiger partial charge in [0.05, 0.1) is 13.2 Å². The molecule has 0 amide bonds. The zero-order valence-electron chi connectivity index (χ0n) is 11.1. The lowest BCUT2D eigenvalue weighted by molar-refractivity contribution is -0.101. The largest absolute Gasteiger partial charge is 0.399 e. The number of likely N-dealkylation sites (tertiary alicyclic amines) is 1. The van der Waals surface area contributed by atoms with Gasteiger partial charge >= 0.3 is 0 Å². The first-order valence-corrected chi connectivity index (χ1v) is 6.83. The number of nitrogens with zero attached hydrogens (tertiary/aromatic N) is 1. The smallest absolute Gasteiger partial charge is 0.0588 e. The maximum Gasteiger partial charge on any atom is 0.0588 e. The first kappa shape index (κ1) is 12.0. The molecule has 2 N–H and O–H groups in total. The van der Waals surface area contributed by atoms with Gasteiger partial charge in [0.2, 0.25) is 0 Å². The van der Waals surface area contributed by atoms with Crippen LogP contribution in [0.25, 0.3) is 0 Å². The van der Waals surface area contributed by atoms with Crippen molar-refractivity contribution >= 4 is 5.69 Å². The van der Waals surface area contributed by atoms with Gasteiger partial charge in [0.15, 0.2) is 0 Å². The summed E-state index contributed by atoms with van der Waals surface area (Å²) >= 11 is 0. The van der Waals surface area contributed by atoms with Gasteiger partial charge in [-0.2, -0.15) is 0 Å². The first-order chi connectivity index (χ1) is 8.71. The van der Waals surface area contributed by atoms with Crippen molar-refractivity contribution in [2.75, 3.05) is 39.1 Å². The minimum absolute atomic E-state index is 0.233. The fraction of sp³-hybridized carbons (Fsp3) is 0.600. The molecule has 18 heavy (non-hydrogen) atoms. The second-order valence-electron chi connectivity index (χ2n) is 5.85. The van der Waals surface area contributed by atoms with E-state index in [-0.39, 0.29) is 5.41 Å². The molecule has 2 fully saturated rings. The van der Waals surface area contributed by atoms with Gasteiger partial charge in [-0.3, -0.25) is 0 Å². The van der Waals surface area contributed by atoms with E-state index in [4.69, 9.17) is 10.5 Å².